The summed E-state index contributed by atoms with van der Waals surface area (Å²) in [6, 6.07) is 2.44. The molecule has 0 bridgehead atoms. The third-order valence-electron chi connectivity index (χ3n) is 4.66. The fraction of sp³-hybridized carbons (Fsp3) is 0.765. The van der Waals surface area contributed by atoms with Gasteiger partial charge >= 0.3 is 0 Å². The van der Waals surface area contributed by atoms with Crippen molar-refractivity contribution in [3.05, 3.63) is 16.1 Å². The largest absolute Gasteiger partial charge is 0.385 e. The van der Waals surface area contributed by atoms with Crippen LogP contribution < -0.4 is 0 Å². The number of hydrogen-bond donors (Lipinski definition) is 1. The first-order valence-corrected chi connectivity index (χ1v) is 8.75. The van der Waals surface area contributed by atoms with Gasteiger partial charge in [-0.25, -0.2) is 4.98 Å². The van der Waals surface area contributed by atoms with E-state index in [9.17, 15) is 10.4 Å². The van der Waals surface area contributed by atoms with Gasteiger partial charge in [-0.3, -0.25) is 0 Å². The van der Waals surface area contributed by atoms with Gasteiger partial charge in [0.15, 0.2) is 0 Å². The average Bonchev–Trinajstić information content (AvgIpc) is 2.96. The van der Waals surface area contributed by atoms with Crippen LogP contribution in [0.3, 0.4) is 0 Å². The van der Waals surface area contributed by atoms with Crippen LogP contribution in [0.25, 0.3) is 0 Å². The van der Waals surface area contributed by atoms with Crippen LogP contribution in [0.1, 0.15) is 76.6 Å². The van der Waals surface area contributed by atoms with Gasteiger partial charge in [0.2, 0.25) is 0 Å². The molecule has 0 aromatic carbocycles. The summed E-state index contributed by atoms with van der Waals surface area (Å²) in [5.41, 5.74) is 0.0200. The van der Waals surface area contributed by atoms with Gasteiger partial charge in [0.25, 0.3) is 0 Å². The minimum absolute atomic E-state index is 0.0129. The predicted octanol–water partition coefficient (Wildman–Crippen LogP) is 4.58. The van der Waals surface area contributed by atoms with Crippen LogP contribution in [0.2, 0.25) is 0 Å². The second kappa shape index (κ2) is 6.06. The Kier molecular flexibility index (Phi) is 4.75. The molecule has 2 rings (SSSR count). The van der Waals surface area contributed by atoms with Crippen LogP contribution in [-0.4, -0.2) is 10.1 Å². The maximum atomic E-state index is 10.8. The lowest BCUT2D eigenvalue weighted by Crippen LogP contribution is -2.33. The molecule has 0 radical (unpaired) electrons. The van der Waals surface area contributed by atoms with Crippen molar-refractivity contribution in [2.24, 2.45) is 11.3 Å². The molecule has 1 heterocycles. The highest BCUT2D eigenvalue weighted by Gasteiger charge is 2.44. The number of rotatable bonds is 3. The second-order valence-corrected chi connectivity index (χ2v) is 8.23. The van der Waals surface area contributed by atoms with Crippen molar-refractivity contribution in [1.29, 1.82) is 5.26 Å². The number of aromatic nitrogens is 1. The third-order valence-corrected chi connectivity index (χ3v) is 5.94. The molecule has 116 valence electrons. The van der Waals surface area contributed by atoms with Gasteiger partial charge in [0, 0.05) is 10.8 Å². The summed E-state index contributed by atoms with van der Waals surface area (Å²) in [7, 11) is 0. The third kappa shape index (κ3) is 3.30. The summed E-state index contributed by atoms with van der Waals surface area (Å²) in [5, 5.41) is 23.5. The molecule has 0 amide bonds. The van der Waals surface area contributed by atoms with E-state index in [-0.39, 0.29) is 5.41 Å². The second-order valence-electron chi connectivity index (χ2n) is 7.37. The van der Waals surface area contributed by atoms with Gasteiger partial charge in [0.1, 0.15) is 6.10 Å². The van der Waals surface area contributed by atoms with Gasteiger partial charge in [-0.1, -0.05) is 47.0 Å². The topological polar surface area (TPSA) is 56.9 Å². The van der Waals surface area contributed by atoms with E-state index in [1.165, 1.54) is 6.42 Å². The van der Waals surface area contributed by atoms with Gasteiger partial charge in [-0.15, -0.1) is 11.3 Å². The van der Waals surface area contributed by atoms with E-state index < -0.39 is 11.5 Å². The summed E-state index contributed by atoms with van der Waals surface area (Å²) < 4.78 is 0. The van der Waals surface area contributed by atoms with Gasteiger partial charge in [-0.2, -0.15) is 5.26 Å². The smallest absolute Gasteiger partial charge is 0.115 e. The van der Waals surface area contributed by atoms with Gasteiger partial charge in [0.05, 0.1) is 22.2 Å². The predicted molar refractivity (Wildman–Crippen MR) is 86.1 cm³/mol. The molecule has 3 unspecified atom stereocenters. The van der Waals surface area contributed by atoms with E-state index in [0.29, 0.717) is 11.6 Å². The van der Waals surface area contributed by atoms with E-state index in [1.54, 1.807) is 11.3 Å². The molecule has 1 N–H and O–H groups in total. The molecule has 1 fully saturated rings. The average molecular weight is 306 g/mol. The van der Waals surface area contributed by atoms with Crippen LogP contribution in [0.15, 0.2) is 5.38 Å². The van der Waals surface area contributed by atoms with Crippen molar-refractivity contribution >= 4 is 11.3 Å². The van der Waals surface area contributed by atoms with E-state index in [1.807, 2.05) is 5.38 Å². The number of thiazole rings is 1. The van der Waals surface area contributed by atoms with Crippen molar-refractivity contribution in [3.63, 3.8) is 0 Å². The van der Waals surface area contributed by atoms with Crippen molar-refractivity contribution in [2.45, 2.75) is 71.3 Å². The van der Waals surface area contributed by atoms with Crippen LogP contribution in [-0.2, 0) is 5.41 Å². The summed E-state index contributed by atoms with van der Waals surface area (Å²) in [6.07, 6.45) is 4.10. The van der Waals surface area contributed by atoms with Gasteiger partial charge in [-0.05, 0) is 18.8 Å². The fourth-order valence-corrected chi connectivity index (χ4v) is 4.15. The molecule has 0 saturated heterocycles. The van der Waals surface area contributed by atoms with Crippen molar-refractivity contribution in [3.8, 4) is 6.07 Å². The van der Waals surface area contributed by atoms with Crippen LogP contribution in [0, 0.1) is 22.7 Å². The highest BCUT2D eigenvalue weighted by atomic mass is 32.1. The van der Waals surface area contributed by atoms with Crippen molar-refractivity contribution < 1.29 is 5.11 Å². The molecule has 21 heavy (non-hydrogen) atoms. The Morgan fingerprint density at radius 1 is 1.57 bits per heavy atom. The quantitative estimate of drug-likeness (QED) is 0.889. The lowest BCUT2D eigenvalue weighted by molar-refractivity contribution is 0.0159. The van der Waals surface area contributed by atoms with Crippen LogP contribution in [0.4, 0.5) is 0 Å². The zero-order chi connectivity index (χ0) is 15.7. The van der Waals surface area contributed by atoms with E-state index >= 15 is 0 Å². The van der Waals surface area contributed by atoms with Crippen molar-refractivity contribution in [1.82, 2.24) is 4.98 Å². The molecular weight excluding hydrogens is 280 g/mol. The standard InChI is InChI=1S/C17H26N2OS/c1-5-12-7-6-8-17(9-12,11-18)14(20)13-10-21-15(19-13)16(2,3)4/h10,12,14,20H,5-9H2,1-4H3. The lowest BCUT2D eigenvalue weighted by atomic mass is 9.66. The van der Waals surface area contributed by atoms with E-state index in [0.717, 1.165) is 30.7 Å². The molecule has 3 atom stereocenters. The lowest BCUT2D eigenvalue weighted by Gasteiger charge is -2.38. The van der Waals surface area contributed by atoms with Crippen LogP contribution >= 0.6 is 11.3 Å². The maximum Gasteiger partial charge on any atom is 0.115 e. The zero-order valence-corrected chi connectivity index (χ0v) is 14.3. The first-order valence-electron chi connectivity index (χ1n) is 7.87. The fourth-order valence-electron chi connectivity index (χ4n) is 3.22. The molecule has 1 aromatic rings. The Morgan fingerprint density at radius 3 is 2.81 bits per heavy atom. The number of hydrogen-bond acceptors (Lipinski definition) is 4. The summed E-state index contributed by atoms with van der Waals surface area (Å²) in [4.78, 5) is 4.62. The van der Waals surface area contributed by atoms with E-state index in [4.69, 9.17) is 0 Å². The first-order chi connectivity index (χ1) is 9.82. The number of aliphatic hydroxyl groups is 1. The Labute approximate surface area is 132 Å². The molecule has 1 aromatic heterocycles. The molecule has 1 saturated carbocycles. The van der Waals surface area contributed by atoms with Crippen molar-refractivity contribution in [2.75, 3.05) is 0 Å². The molecule has 1 aliphatic rings. The van der Waals surface area contributed by atoms with E-state index in [2.05, 4.69) is 38.7 Å². The minimum Gasteiger partial charge on any atom is -0.385 e. The van der Waals surface area contributed by atoms with Crippen LogP contribution in [0.5, 0.6) is 0 Å². The molecular formula is C17H26N2OS. The first kappa shape index (κ1) is 16.5. The highest BCUT2D eigenvalue weighted by Crippen LogP contribution is 2.48. The summed E-state index contributed by atoms with van der Waals surface area (Å²) >= 11 is 1.58. The molecule has 1 aliphatic carbocycles. The zero-order valence-electron chi connectivity index (χ0n) is 13.5. The summed E-state index contributed by atoms with van der Waals surface area (Å²) in [5.74, 6) is 0.550. The van der Waals surface area contributed by atoms with Gasteiger partial charge < -0.3 is 5.11 Å². The molecule has 3 nitrogen and oxygen atoms in total. The Hall–Kier alpha value is -0.920. The Bertz CT molecular complexity index is 526. The Balaban J connectivity index is 2.26. The highest BCUT2D eigenvalue weighted by molar-refractivity contribution is 7.09. The maximum absolute atomic E-state index is 10.8. The molecule has 4 heteroatoms. The Morgan fingerprint density at radius 2 is 2.29 bits per heavy atom. The SMILES string of the molecule is CCC1CCCC(C#N)(C(O)c2csc(C(C)(C)C)n2)C1. The molecule has 0 spiro atoms. The summed E-state index contributed by atoms with van der Waals surface area (Å²) in [6.45, 7) is 8.53. The number of nitriles is 1. The number of nitrogens with zero attached hydrogens (tertiary/aromatic N) is 2. The minimum atomic E-state index is -0.760. The normalized spacial score (nSPS) is 28.1. The monoisotopic (exact) mass is 306 g/mol. The molecule has 0 aliphatic heterocycles. The number of aliphatic hydroxyl groups excluding tert-OH is 1.